The van der Waals surface area contributed by atoms with Gasteiger partial charge in [-0.15, -0.1) is 0 Å². The number of carbonyl (C=O) groups is 2. The lowest BCUT2D eigenvalue weighted by atomic mass is 10.1. The fourth-order valence-corrected chi connectivity index (χ4v) is 6.14. The first-order chi connectivity index (χ1) is 27.1. The van der Waals surface area contributed by atoms with Crippen molar-refractivity contribution in [2.24, 2.45) is 0 Å². The van der Waals surface area contributed by atoms with Gasteiger partial charge in [-0.1, -0.05) is 139 Å². The first-order valence-corrected chi connectivity index (χ1v) is 22.8. The maximum absolute atomic E-state index is 12.6. The third-order valence-electron chi connectivity index (χ3n) is 8.72. The average molecular weight is 813 g/mol. The molecule has 0 rings (SSSR count). The van der Waals surface area contributed by atoms with Gasteiger partial charge in [0.05, 0.1) is 25.9 Å². The van der Waals surface area contributed by atoms with Crippen molar-refractivity contribution in [2.75, 3.05) is 26.4 Å². The van der Waals surface area contributed by atoms with E-state index in [1.807, 2.05) is 18.2 Å². The highest BCUT2D eigenvalue weighted by Crippen LogP contribution is 2.43. The number of ether oxygens (including phenoxy) is 2. The van der Waals surface area contributed by atoms with Crippen molar-refractivity contribution in [3.05, 3.63) is 60.8 Å². The zero-order chi connectivity index (χ0) is 41.4. The molecule has 0 amide bonds. The third kappa shape index (κ3) is 38.5. The predicted octanol–water partition coefficient (Wildman–Crippen LogP) is 10.1. The van der Waals surface area contributed by atoms with Crippen molar-refractivity contribution in [3.63, 3.8) is 0 Å². The molecule has 0 aromatic heterocycles. The van der Waals surface area contributed by atoms with E-state index in [4.69, 9.17) is 19.1 Å². The Morgan fingerprint density at radius 1 is 0.607 bits per heavy atom. The van der Waals surface area contributed by atoms with Crippen LogP contribution >= 0.6 is 7.82 Å². The highest BCUT2D eigenvalue weighted by Gasteiger charge is 2.27. The van der Waals surface area contributed by atoms with Crippen molar-refractivity contribution in [3.8, 4) is 0 Å². The number of phosphoric acid groups is 1. The molecule has 56 heavy (non-hydrogen) atoms. The monoisotopic (exact) mass is 813 g/mol. The van der Waals surface area contributed by atoms with Crippen LogP contribution in [0.1, 0.15) is 162 Å². The van der Waals surface area contributed by atoms with E-state index in [9.17, 15) is 29.3 Å². The highest BCUT2D eigenvalue weighted by molar-refractivity contribution is 7.47. The summed E-state index contributed by atoms with van der Waals surface area (Å²) in [6.07, 6.45) is 39.3. The molecule has 2 unspecified atom stereocenters. The van der Waals surface area contributed by atoms with Crippen LogP contribution in [0, 0.1) is 0 Å². The van der Waals surface area contributed by atoms with Gasteiger partial charge in [-0.25, -0.2) is 4.57 Å². The maximum atomic E-state index is 12.6. The summed E-state index contributed by atoms with van der Waals surface area (Å²) in [5, 5.41) is 28.4. The number of aliphatic hydroxyl groups is 3. The van der Waals surface area contributed by atoms with Crippen molar-refractivity contribution >= 4 is 19.8 Å². The first-order valence-electron chi connectivity index (χ1n) is 21.4. The van der Waals surface area contributed by atoms with Crippen molar-refractivity contribution in [1.82, 2.24) is 0 Å². The molecule has 0 aliphatic carbocycles. The van der Waals surface area contributed by atoms with Crippen LogP contribution in [0.2, 0.25) is 0 Å². The summed E-state index contributed by atoms with van der Waals surface area (Å²) in [5.41, 5.74) is 0. The van der Waals surface area contributed by atoms with Gasteiger partial charge < -0.3 is 29.7 Å². The van der Waals surface area contributed by atoms with Crippen LogP contribution in [0.3, 0.4) is 0 Å². The fraction of sp³-hybridized carbons (Fsp3) is 0.727. The number of phosphoric ester groups is 1. The normalized spacial score (nSPS) is 15.0. The number of rotatable bonds is 39. The Hall–Kier alpha value is -2.37. The standard InChI is InChI=1S/C44H77O11P/c1-3-5-7-9-11-13-14-15-16-17-18-20-22-26-30-34-43(48)52-38-42(39-54-56(50,51)53-37-41(47)36-45)55-44(49)35-31-27-23-25-29-33-40(46)32-28-24-21-19-12-10-8-6-4-2/h12-14,19,23-25,28-29,33,40-42,45-47H,3-11,15-18,20-22,26-27,30-32,34-39H2,1-2H3,(H,50,51)/b14-13-,19-12-,25-23+,28-24-,33-29-/t40?,41-,42+/m0/s1. The molecule has 0 bridgehead atoms. The van der Waals surface area contributed by atoms with Gasteiger partial charge in [0.25, 0.3) is 0 Å². The molecule has 0 saturated carbocycles. The van der Waals surface area contributed by atoms with Crippen LogP contribution in [0.25, 0.3) is 0 Å². The second kappa shape index (κ2) is 39.5. The van der Waals surface area contributed by atoms with Gasteiger partial charge in [0.15, 0.2) is 6.10 Å². The molecule has 12 heteroatoms. The Balaban J connectivity index is 4.51. The van der Waals surface area contributed by atoms with Crippen molar-refractivity contribution in [2.45, 2.75) is 180 Å². The molecule has 0 radical (unpaired) electrons. The van der Waals surface area contributed by atoms with E-state index in [1.54, 1.807) is 18.2 Å². The second-order valence-electron chi connectivity index (χ2n) is 14.2. The Bertz CT molecular complexity index is 1130. The summed E-state index contributed by atoms with van der Waals surface area (Å²) < 4.78 is 32.6. The van der Waals surface area contributed by atoms with Gasteiger partial charge in [-0.3, -0.25) is 18.6 Å². The zero-order valence-electron chi connectivity index (χ0n) is 34.7. The SMILES string of the molecule is CCCCC/C=C\C/C=C\CC(O)/C=C\C=C\CCCC(=O)O[C@H](COC(=O)CCCCCCCCC/C=C\CCCCCC)COP(=O)(O)OC[C@@H](O)CO. The number of hydrogen-bond donors (Lipinski definition) is 4. The Morgan fingerprint density at radius 2 is 1.14 bits per heavy atom. The fourth-order valence-electron chi connectivity index (χ4n) is 5.35. The molecular weight excluding hydrogens is 735 g/mol. The summed E-state index contributed by atoms with van der Waals surface area (Å²) in [6.45, 7) is 2.15. The molecule has 0 aliphatic rings. The van der Waals surface area contributed by atoms with E-state index < -0.39 is 57.9 Å². The van der Waals surface area contributed by atoms with Gasteiger partial charge >= 0.3 is 19.8 Å². The largest absolute Gasteiger partial charge is 0.472 e. The number of aliphatic hydroxyl groups excluding tert-OH is 3. The number of carbonyl (C=O) groups excluding carboxylic acids is 2. The molecule has 0 heterocycles. The summed E-state index contributed by atoms with van der Waals surface area (Å²) in [5.74, 6) is -1.06. The minimum absolute atomic E-state index is 0.0464. The lowest BCUT2D eigenvalue weighted by molar-refractivity contribution is -0.161. The Labute approximate surface area is 338 Å². The number of unbranched alkanes of at least 4 members (excludes halogenated alkanes) is 15. The minimum atomic E-state index is -4.66. The van der Waals surface area contributed by atoms with Crippen LogP contribution in [-0.2, 0) is 32.7 Å². The molecule has 324 valence electrons. The molecule has 0 aromatic rings. The van der Waals surface area contributed by atoms with Gasteiger partial charge in [-0.05, 0) is 70.6 Å². The molecule has 0 aromatic carbocycles. The lowest BCUT2D eigenvalue weighted by Crippen LogP contribution is -2.29. The predicted molar refractivity (Wildman–Crippen MR) is 225 cm³/mol. The average Bonchev–Trinajstić information content (AvgIpc) is 3.18. The topological polar surface area (TPSA) is 169 Å². The van der Waals surface area contributed by atoms with Gasteiger partial charge in [0, 0.05) is 12.8 Å². The van der Waals surface area contributed by atoms with E-state index >= 15 is 0 Å². The van der Waals surface area contributed by atoms with Gasteiger partial charge in [0.1, 0.15) is 12.7 Å². The second-order valence-corrected chi connectivity index (χ2v) is 15.7. The van der Waals surface area contributed by atoms with Crippen molar-refractivity contribution < 1.29 is 52.9 Å². The van der Waals surface area contributed by atoms with Crippen LogP contribution in [0.15, 0.2) is 60.8 Å². The lowest BCUT2D eigenvalue weighted by Gasteiger charge is -2.20. The van der Waals surface area contributed by atoms with E-state index in [2.05, 4.69) is 42.7 Å². The molecular formula is C44H77O11P. The van der Waals surface area contributed by atoms with Crippen LogP contribution < -0.4 is 0 Å². The molecule has 4 atom stereocenters. The van der Waals surface area contributed by atoms with Crippen LogP contribution in [-0.4, -0.2) is 76.9 Å². The zero-order valence-corrected chi connectivity index (χ0v) is 35.6. The van der Waals surface area contributed by atoms with E-state index in [0.29, 0.717) is 25.7 Å². The minimum Gasteiger partial charge on any atom is -0.462 e. The summed E-state index contributed by atoms with van der Waals surface area (Å²) in [6, 6.07) is 0. The number of allylic oxidation sites excluding steroid dienone is 8. The smallest absolute Gasteiger partial charge is 0.462 e. The molecule has 0 saturated heterocycles. The third-order valence-corrected chi connectivity index (χ3v) is 9.68. The quantitative estimate of drug-likeness (QED) is 0.0153. The Morgan fingerprint density at radius 3 is 1.82 bits per heavy atom. The highest BCUT2D eigenvalue weighted by atomic mass is 31.2. The molecule has 11 nitrogen and oxygen atoms in total. The van der Waals surface area contributed by atoms with Crippen molar-refractivity contribution in [1.29, 1.82) is 0 Å². The summed E-state index contributed by atoms with van der Waals surface area (Å²) in [7, 11) is -4.66. The van der Waals surface area contributed by atoms with Gasteiger partial charge in [0.2, 0.25) is 0 Å². The van der Waals surface area contributed by atoms with E-state index in [1.165, 1.54) is 70.6 Å². The summed E-state index contributed by atoms with van der Waals surface area (Å²) >= 11 is 0. The van der Waals surface area contributed by atoms with E-state index in [-0.39, 0.29) is 19.4 Å². The number of esters is 2. The van der Waals surface area contributed by atoms with E-state index in [0.717, 1.165) is 38.5 Å². The molecule has 0 aliphatic heterocycles. The molecule has 0 spiro atoms. The Kier molecular flexibility index (Phi) is 37.8. The molecule has 4 N–H and O–H groups in total. The maximum Gasteiger partial charge on any atom is 0.472 e. The van der Waals surface area contributed by atoms with Crippen LogP contribution in [0.5, 0.6) is 0 Å². The van der Waals surface area contributed by atoms with Gasteiger partial charge in [-0.2, -0.15) is 0 Å². The number of hydrogen-bond acceptors (Lipinski definition) is 10. The van der Waals surface area contributed by atoms with Crippen LogP contribution in [0.4, 0.5) is 0 Å². The molecule has 0 fully saturated rings. The first kappa shape index (κ1) is 53.6. The summed E-state index contributed by atoms with van der Waals surface area (Å²) in [4.78, 5) is 34.9.